The average Bonchev–Trinajstić information content (AvgIpc) is 2.41. The van der Waals surface area contributed by atoms with Gasteiger partial charge < -0.3 is 4.90 Å². The summed E-state index contributed by atoms with van der Waals surface area (Å²) in [4.78, 5) is 6.74. The number of sulfone groups is 1. The molecule has 0 spiro atoms. The second-order valence-electron chi connectivity index (χ2n) is 7.19. The number of hydrogen-bond acceptors (Lipinski definition) is 4. The van der Waals surface area contributed by atoms with E-state index in [0.717, 1.165) is 34.3 Å². The lowest BCUT2D eigenvalue weighted by Gasteiger charge is -2.42. The standard InChI is InChI=1S/C18H23BrN2O2S/c1-11(2)14-6-17(19)18(16-7-20-12(3)5-15(14)16)21-8-13(9-21)10-24(4,22)23/h5-7,11,13H,8-10H2,1-4H3. The van der Waals surface area contributed by atoms with Gasteiger partial charge in [0.25, 0.3) is 0 Å². The molecule has 4 nitrogen and oxygen atoms in total. The molecule has 0 unspecified atom stereocenters. The molecular formula is C18H23BrN2O2S. The molecule has 3 rings (SSSR count). The van der Waals surface area contributed by atoms with E-state index in [1.807, 2.05) is 13.1 Å². The second-order valence-corrected chi connectivity index (χ2v) is 10.2. The van der Waals surface area contributed by atoms with Gasteiger partial charge in [0.1, 0.15) is 9.84 Å². The maximum absolute atomic E-state index is 11.5. The summed E-state index contributed by atoms with van der Waals surface area (Å²) in [5, 5.41) is 2.37. The zero-order valence-electron chi connectivity index (χ0n) is 14.5. The predicted molar refractivity (Wildman–Crippen MR) is 104 cm³/mol. The molecule has 1 fully saturated rings. The van der Waals surface area contributed by atoms with Crippen molar-refractivity contribution in [1.82, 2.24) is 4.98 Å². The summed E-state index contributed by atoms with van der Waals surface area (Å²) >= 11 is 3.72. The smallest absolute Gasteiger partial charge is 0.147 e. The van der Waals surface area contributed by atoms with Crippen LogP contribution >= 0.6 is 15.9 Å². The summed E-state index contributed by atoms with van der Waals surface area (Å²) in [5.74, 6) is 0.902. The van der Waals surface area contributed by atoms with Gasteiger partial charge in [0.15, 0.2) is 0 Å². The van der Waals surface area contributed by atoms with Crippen molar-refractivity contribution in [3.05, 3.63) is 34.1 Å². The van der Waals surface area contributed by atoms with Gasteiger partial charge in [-0.3, -0.25) is 4.98 Å². The van der Waals surface area contributed by atoms with Crippen LogP contribution in [0.25, 0.3) is 10.8 Å². The van der Waals surface area contributed by atoms with Gasteiger partial charge >= 0.3 is 0 Å². The van der Waals surface area contributed by atoms with E-state index in [0.29, 0.717) is 5.92 Å². The summed E-state index contributed by atoms with van der Waals surface area (Å²) < 4.78 is 24.0. The fourth-order valence-corrected chi connectivity index (χ4v) is 5.26. The lowest BCUT2D eigenvalue weighted by Crippen LogP contribution is -2.49. The topological polar surface area (TPSA) is 50.3 Å². The Morgan fingerprint density at radius 1 is 1.29 bits per heavy atom. The molecule has 1 saturated heterocycles. The minimum atomic E-state index is -2.92. The molecule has 0 N–H and O–H groups in total. The number of benzene rings is 1. The van der Waals surface area contributed by atoms with E-state index in [2.05, 4.69) is 51.8 Å². The molecule has 0 saturated carbocycles. The highest BCUT2D eigenvalue weighted by Crippen LogP contribution is 2.41. The third kappa shape index (κ3) is 3.45. The Bertz CT molecular complexity index is 888. The molecule has 2 aromatic rings. The van der Waals surface area contributed by atoms with E-state index in [-0.39, 0.29) is 11.7 Å². The number of rotatable bonds is 4. The van der Waals surface area contributed by atoms with Gasteiger partial charge in [-0.05, 0) is 51.9 Å². The van der Waals surface area contributed by atoms with Gasteiger partial charge in [0, 0.05) is 47.0 Å². The molecule has 0 atom stereocenters. The highest BCUT2D eigenvalue weighted by molar-refractivity contribution is 9.10. The first-order valence-corrected chi connectivity index (χ1v) is 11.0. The SMILES string of the molecule is Cc1cc2c(C(C)C)cc(Br)c(N3CC(CS(C)(=O)=O)C3)c2cn1. The van der Waals surface area contributed by atoms with Crippen LogP contribution in [0.2, 0.25) is 0 Å². The Kier molecular flexibility index (Phi) is 4.64. The zero-order valence-corrected chi connectivity index (χ0v) is 16.9. The van der Waals surface area contributed by atoms with Crippen molar-refractivity contribution < 1.29 is 8.42 Å². The van der Waals surface area contributed by atoms with Crippen LogP contribution in [0, 0.1) is 12.8 Å². The molecule has 6 heteroatoms. The number of nitrogens with zero attached hydrogens (tertiary/aromatic N) is 2. The summed E-state index contributed by atoms with van der Waals surface area (Å²) in [6.45, 7) is 7.95. The molecule has 1 aromatic carbocycles. The Morgan fingerprint density at radius 3 is 2.54 bits per heavy atom. The van der Waals surface area contributed by atoms with Crippen molar-refractivity contribution >= 4 is 42.2 Å². The zero-order chi connectivity index (χ0) is 17.6. The minimum Gasteiger partial charge on any atom is -0.369 e. The molecule has 1 aliphatic heterocycles. The largest absolute Gasteiger partial charge is 0.369 e. The van der Waals surface area contributed by atoms with E-state index >= 15 is 0 Å². The third-order valence-electron chi connectivity index (χ3n) is 4.55. The Hall–Kier alpha value is -1.14. The number of pyridine rings is 1. The monoisotopic (exact) mass is 410 g/mol. The first-order chi connectivity index (χ1) is 11.2. The van der Waals surface area contributed by atoms with Crippen LogP contribution in [0.15, 0.2) is 22.8 Å². The molecule has 0 bridgehead atoms. The minimum absolute atomic E-state index is 0.213. The number of hydrogen-bond donors (Lipinski definition) is 0. The van der Waals surface area contributed by atoms with Crippen LogP contribution < -0.4 is 4.90 Å². The van der Waals surface area contributed by atoms with Crippen LogP contribution in [0.4, 0.5) is 5.69 Å². The van der Waals surface area contributed by atoms with Crippen LogP contribution in [0.5, 0.6) is 0 Å². The van der Waals surface area contributed by atoms with E-state index in [9.17, 15) is 8.42 Å². The van der Waals surface area contributed by atoms with Crippen molar-refractivity contribution in [1.29, 1.82) is 0 Å². The van der Waals surface area contributed by atoms with Gasteiger partial charge in [-0.2, -0.15) is 0 Å². The van der Waals surface area contributed by atoms with E-state index in [4.69, 9.17) is 0 Å². The molecule has 0 amide bonds. The van der Waals surface area contributed by atoms with Gasteiger partial charge in [-0.15, -0.1) is 0 Å². The van der Waals surface area contributed by atoms with E-state index in [1.165, 1.54) is 17.2 Å². The van der Waals surface area contributed by atoms with Crippen molar-refractivity contribution in [2.24, 2.45) is 5.92 Å². The summed E-state index contributed by atoms with van der Waals surface area (Å²) in [6, 6.07) is 4.35. The van der Waals surface area contributed by atoms with Crippen molar-refractivity contribution in [2.45, 2.75) is 26.7 Å². The normalized spacial score (nSPS) is 16.0. The maximum atomic E-state index is 11.5. The highest BCUT2D eigenvalue weighted by Gasteiger charge is 2.32. The second kappa shape index (κ2) is 6.30. The fraction of sp³-hybridized carbons (Fsp3) is 0.500. The molecule has 1 aliphatic rings. The van der Waals surface area contributed by atoms with Crippen molar-refractivity contribution in [3.63, 3.8) is 0 Å². The number of aromatic nitrogens is 1. The first kappa shape index (κ1) is 17.7. The quantitative estimate of drug-likeness (QED) is 0.766. The fourth-order valence-electron chi connectivity index (χ4n) is 3.48. The number of anilines is 1. The molecular weight excluding hydrogens is 388 g/mol. The average molecular weight is 411 g/mol. The van der Waals surface area contributed by atoms with Crippen LogP contribution in [0.1, 0.15) is 31.0 Å². The Morgan fingerprint density at radius 2 is 1.96 bits per heavy atom. The van der Waals surface area contributed by atoms with E-state index in [1.54, 1.807) is 0 Å². The summed E-state index contributed by atoms with van der Waals surface area (Å²) in [5.41, 5.74) is 3.45. The third-order valence-corrected chi connectivity index (χ3v) is 6.23. The summed E-state index contributed by atoms with van der Waals surface area (Å²) in [7, 11) is -2.92. The molecule has 24 heavy (non-hydrogen) atoms. The molecule has 0 radical (unpaired) electrons. The van der Waals surface area contributed by atoms with Crippen molar-refractivity contribution in [3.8, 4) is 0 Å². The van der Waals surface area contributed by atoms with Gasteiger partial charge in [0.05, 0.1) is 11.4 Å². The lowest BCUT2D eigenvalue weighted by atomic mass is 9.93. The molecule has 0 aliphatic carbocycles. The molecule has 1 aromatic heterocycles. The van der Waals surface area contributed by atoms with Crippen LogP contribution in [-0.4, -0.2) is 38.5 Å². The van der Waals surface area contributed by atoms with Crippen LogP contribution in [0.3, 0.4) is 0 Å². The van der Waals surface area contributed by atoms with Crippen molar-refractivity contribution in [2.75, 3.05) is 30.0 Å². The first-order valence-electron chi connectivity index (χ1n) is 8.17. The van der Waals surface area contributed by atoms with E-state index < -0.39 is 9.84 Å². The lowest BCUT2D eigenvalue weighted by molar-refractivity contribution is 0.445. The van der Waals surface area contributed by atoms with Gasteiger partial charge in [-0.1, -0.05) is 13.8 Å². The Labute approximate surface area is 152 Å². The molecule has 130 valence electrons. The molecule has 2 heterocycles. The predicted octanol–water partition coefficient (Wildman–Crippen LogP) is 3.91. The van der Waals surface area contributed by atoms with Gasteiger partial charge in [-0.25, -0.2) is 8.42 Å². The number of halogens is 1. The van der Waals surface area contributed by atoms with Gasteiger partial charge in [0.2, 0.25) is 0 Å². The number of fused-ring (bicyclic) bond motifs is 1. The Balaban J connectivity index is 2.01. The highest BCUT2D eigenvalue weighted by atomic mass is 79.9. The number of aryl methyl sites for hydroxylation is 1. The van der Waals surface area contributed by atoms with Crippen LogP contribution in [-0.2, 0) is 9.84 Å². The maximum Gasteiger partial charge on any atom is 0.147 e. The summed E-state index contributed by atoms with van der Waals surface area (Å²) in [6.07, 6.45) is 3.26.